The molecule has 0 aliphatic carbocycles. The second kappa shape index (κ2) is 9.12. The maximum absolute atomic E-state index is 12.2. The maximum atomic E-state index is 12.2. The van der Waals surface area contributed by atoms with Crippen LogP contribution in [0.1, 0.15) is 35.3 Å². The number of amides is 1. The van der Waals surface area contributed by atoms with Gasteiger partial charge in [-0.25, -0.2) is 4.68 Å². The van der Waals surface area contributed by atoms with E-state index in [-0.39, 0.29) is 12.0 Å². The number of carbonyl (C=O) groups excluding carboxylic acids is 1. The van der Waals surface area contributed by atoms with Crippen LogP contribution in [0.25, 0.3) is 0 Å². The van der Waals surface area contributed by atoms with E-state index in [0.717, 1.165) is 44.5 Å². The van der Waals surface area contributed by atoms with Crippen molar-refractivity contribution >= 4 is 17.5 Å². The minimum Gasteiger partial charge on any atom is -0.393 e. The van der Waals surface area contributed by atoms with Crippen molar-refractivity contribution in [1.29, 1.82) is 0 Å². The standard InChI is InChI=1S/C18H24ClN5O2/c19-15-4-2-14(3-5-15)12-24-13-17(21-22-24)18(26)20-8-1-9-23-10-6-16(25)7-11-23/h2-5,13,16,25H,1,6-12H2,(H,20,26). The number of hydrogen-bond acceptors (Lipinski definition) is 5. The maximum Gasteiger partial charge on any atom is 0.273 e. The molecule has 1 aromatic heterocycles. The van der Waals surface area contributed by atoms with Crippen LogP contribution in [0.2, 0.25) is 5.02 Å². The molecule has 1 aromatic carbocycles. The Morgan fingerprint density at radius 1 is 1.27 bits per heavy atom. The summed E-state index contributed by atoms with van der Waals surface area (Å²) >= 11 is 5.87. The fourth-order valence-electron chi connectivity index (χ4n) is 2.99. The number of aromatic nitrogens is 3. The number of carbonyl (C=O) groups is 1. The van der Waals surface area contributed by atoms with Gasteiger partial charge in [-0.05, 0) is 43.5 Å². The zero-order valence-electron chi connectivity index (χ0n) is 14.6. The molecule has 8 heteroatoms. The van der Waals surface area contributed by atoms with Crippen molar-refractivity contribution in [1.82, 2.24) is 25.2 Å². The van der Waals surface area contributed by atoms with Crippen LogP contribution in [0.4, 0.5) is 0 Å². The van der Waals surface area contributed by atoms with Gasteiger partial charge in [0.1, 0.15) is 0 Å². The molecule has 1 amide bonds. The van der Waals surface area contributed by atoms with Gasteiger partial charge in [-0.15, -0.1) is 5.10 Å². The monoisotopic (exact) mass is 377 g/mol. The predicted octanol–water partition coefficient (Wildman–Crippen LogP) is 1.56. The highest BCUT2D eigenvalue weighted by atomic mass is 35.5. The third-order valence-corrected chi connectivity index (χ3v) is 4.77. The van der Waals surface area contributed by atoms with E-state index in [2.05, 4.69) is 20.5 Å². The fraction of sp³-hybridized carbons (Fsp3) is 0.500. The lowest BCUT2D eigenvalue weighted by Gasteiger charge is -2.29. The Bertz CT molecular complexity index is 711. The topological polar surface area (TPSA) is 83.3 Å². The number of likely N-dealkylation sites (tertiary alicyclic amines) is 1. The molecule has 0 radical (unpaired) electrons. The zero-order chi connectivity index (χ0) is 18.4. The summed E-state index contributed by atoms with van der Waals surface area (Å²) in [6.45, 7) is 3.92. The van der Waals surface area contributed by atoms with E-state index in [9.17, 15) is 9.90 Å². The van der Waals surface area contributed by atoms with Crippen molar-refractivity contribution in [2.75, 3.05) is 26.2 Å². The van der Waals surface area contributed by atoms with Gasteiger partial charge >= 0.3 is 0 Å². The highest BCUT2D eigenvalue weighted by Crippen LogP contribution is 2.11. The van der Waals surface area contributed by atoms with Crippen molar-refractivity contribution in [2.45, 2.75) is 31.9 Å². The van der Waals surface area contributed by atoms with Crippen LogP contribution >= 0.6 is 11.6 Å². The highest BCUT2D eigenvalue weighted by Gasteiger charge is 2.16. The lowest BCUT2D eigenvalue weighted by Crippen LogP contribution is -2.37. The normalized spacial score (nSPS) is 15.9. The molecule has 2 N–H and O–H groups in total. The lowest BCUT2D eigenvalue weighted by atomic mass is 10.1. The average molecular weight is 378 g/mol. The molecular weight excluding hydrogens is 354 g/mol. The molecule has 7 nitrogen and oxygen atoms in total. The Morgan fingerprint density at radius 2 is 2.00 bits per heavy atom. The molecule has 1 aliphatic heterocycles. The molecule has 0 spiro atoms. The van der Waals surface area contributed by atoms with Crippen molar-refractivity contribution in [2.24, 2.45) is 0 Å². The van der Waals surface area contributed by atoms with Crippen molar-refractivity contribution in [3.05, 3.63) is 46.7 Å². The van der Waals surface area contributed by atoms with Crippen LogP contribution in [-0.4, -0.2) is 63.2 Å². The van der Waals surface area contributed by atoms with Crippen molar-refractivity contribution < 1.29 is 9.90 Å². The summed E-state index contributed by atoms with van der Waals surface area (Å²) in [7, 11) is 0. The third kappa shape index (κ3) is 5.52. The second-order valence-electron chi connectivity index (χ2n) is 6.61. The summed E-state index contributed by atoms with van der Waals surface area (Å²) in [5, 5.41) is 21.0. The van der Waals surface area contributed by atoms with Gasteiger partial charge in [-0.2, -0.15) is 0 Å². The van der Waals surface area contributed by atoms with Crippen molar-refractivity contribution in [3.63, 3.8) is 0 Å². The molecule has 1 saturated heterocycles. The van der Waals surface area contributed by atoms with Crippen LogP contribution in [0.15, 0.2) is 30.5 Å². The first-order chi connectivity index (χ1) is 12.6. The van der Waals surface area contributed by atoms with Gasteiger partial charge in [0.15, 0.2) is 5.69 Å². The smallest absolute Gasteiger partial charge is 0.273 e. The Balaban J connectivity index is 1.39. The van der Waals surface area contributed by atoms with E-state index in [1.165, 1.54) is 0 Å². The number of hydrogen-bond donors (Lipinski definition) is 2. The van der Waals surface area contributed by atoms with Gasteiger partial charge in [0.25, 0.3) is 5.91 Å². The van der Waals surface area contributed by atoms with Crippen LogP contribution in [0, 0.1) is 0 Å². The fourth-order valence-corrected chi connectivity index (χ4v) is 3.12. The van der Waals surface area contributed by atoms with E-state index in [0.29, 0.717) is 23.8 Å². The highest BCUT2D eigenvalue weighted by molar-refractivity contribution is 6.30. The zero-order valence-corrected chi connectivity index (χ0v) is 15.4. The second-order valence-corrected chi connectivity index (χ2v) is 7.05. The number of nitrogens with zero attached hydrogens (tertiary/aromatic N) is 4. The molecule has 140 valence electrons. The van der Waals surface area contributed by atoms with E-state index in [1.807, 2.05) is 24.3 Å². The Hall–Kier alpha value is -1.96. The van der Waals surface area contributed by atoms with E-state index < -0.39 is 0 Å². The molecule has 1 aliphatic rings. The number of rotatable bonds is 7. The van der Waals surface area contributed by atoms with E-state index in [1.54, 1.807) is 10.9 Å². The van der Waals surface area contributed by atoms with Crippen LogP contribution in [0.5, 0.6) is 0 Å². The molecular formula is C18H24ClN5O2. The van der Waals surface area contributed by atoms with Gasteiger partial charge in [-0.1, -0.05) is 28.9 Å². The molecule has 2 aromatic rings. The minimum absolute atomic E-state index is 0.151. The summed E-state index contributed by atoms with van der Waals surface area (Å²) in [6.07, 6.45) is 4.05. The first kappa shape index (κ1) is 18.8. The Kier molecular flexibility index (Phi) is 6.60. The number of nitrogens with one attached hydrogen (secondary N) is 1. The Labute approximate surface area is 157 Å². The summed E-state index contributed by atoms with van der Waals surface area (Å²) < 4.78 is 1.64. The number of aliphatic hydroxyl groups is 1. The Morgan fingerprint density at radius 3 is 2.73 bits per heavy atom. The summed E-state index contributed by atoms with van der Waals surface area (Å²) in [5.74, 6) is -0.207. The first-order valence-electron chi connectivity index (χ1n) is 8.93. The van der Waals surface area contributed by atoms with Gasteiger partial charge in [0.2, 0.25) is 0 Å². The van der Waals surface area contributed by atoms with Gasteiger partial charge in [0.05, 0.1) is 18.8 Å². The lowest BCUT2D eigenvalue weighted by molar-refractivity contribution is 0.0816. The van der Waals surface area contributed by atoms with Crippen LogP contribution < -0.4 is 5.32 Å². The number of benzene rings is 1. The molecule has 3 rings (SSSR count). The van der Waals surface area contributed by atoms with E-state index >= 15 is 0 Å². The van der Waals surface area contributed by atoms with E-state index in [4.69, 9.17) is 11.6 Å². The average Bonchev–Trinajstić information content (AvgIpc) is 3.11. The van der Waals surface area contributed by atoms with Crippen molar-refractivity contribution in [3.8, 4) is 0 Å². The molecule has 0 bridgehead atoms. The quantitative estimate of drug-likeness (QED) is 0.715. The molecule has 2 heterocycles. The number of piperidine rings is 1. The van der Waals surface area contributed by atoms with Gasteiger partial charge in [-0.3, -0.25) is 4.79 Å². The van der Waals surface area contributed by atoms with Gasteiger partial charge < -0.3 is 15.3 Å². The summed E-state index contributed by atoms with van der Waals surface area (Å²) in [6, 6.07) is 7.49. The number of halogens is 1. The SMILES string of the molecule is O=C(NCCCN1CCC(O)CC1)c1cn(Cc2ccc(Cl)cc2)nn1. The van der Waals surface area contributed by atoms with Crippen LogP contribution in [0.3, 0.4) is 0 Å². The van der Waals surface area contributed by atoms with Crippen LogP contribution in [-0.2, 0) is 6.54 Å². The molecule has 1 fully saturated rings. The first-order valence-corrected chi connectivity index (χ1v) is 9.31. The molecule has 26 heavy (non-hydrogen) atoms. The number of aliphatic hydroxyl groups excluding tert-OH is 1. The molecule has 0 saturated carbocycles. The summed E-state index contributed by atoms with van der Waals surface area (Å²) in [4.78, 5) is 14.5. The largest absolute Gasteiger partial charge is 0.393 e. The minimum atomic E-state index is -0.207. The molecule has 0 atom stereocenters. The third-order valence-electron chi connectivity index (χ3n) is 4.52. The van der Waals surface area contributed by atoms with Gasteiger partial charge in [0, 0.05) is 24.7 Å². The summed E-state index contributed by atoms with van der Waals surface area (Å²) in [5.41, 5.74) is 1.36. The molecule has 0 unspecified atom stereocenters. The predicted molar refractivity (Wildman–Crippen MR) is 99.2 cm³/mol.